The van der Waals surface area contributed by atoms with Crippen LogP contribution < -0.4 is 9.47 Å². The van der Waals surface area contributed by atoms with Crippen molar-refractivity contribution in [2.45, 2.75) is 6.61 Å². The maximum atomic E-state index is 11.0. The van der Waals surface area contributed by atoms with Gasteiger partial charge in [0, 0.05) is 11.4 Å². The third-order valence-corrected chi connectivity index (χ3v) is 3.20. The van der Waals surface area contributed by atoms with Crippen molar-refractivity contribution in [3.05, 3.63) is 44.4 Å². The zero-order valence-corrected chi connectivity index (χ0v) is 11.6. The summed E-state index contributed by atoms with van der Waals surface area (Å²) in [6, 6.07) is 2.10. The summed E-state index contributed by atoms with van der Waals surface area (Å²) in [5.41, 5.74) is 1.27. The van der Waals surface area contributed by atoms with Gasteiger partial charge in [0.2, 0.25) is 0 Å². The van der Waals surface area contributed by atoms with E-state index in [-0.39, 0.29) is 18.1 Å². The van der Waals surface area contributed by atoms with E-state index >= 15 is 0 Å². The molecule has 1 aromatic carbocycles. The molecule has 1 heterocycles. The number of nitrogens with zero attached hydrogens (tertiary/aromatic N) is 2. The van der Waals surface area contributed by atoms with Crippen LogP contribution in [0.2, 0.25) is 0 Å². The van der Waals surface area contributed by atoms with Crippen molar-refractivity contribution in [1.29, 1.82) is 0 Å². The predicted octanol–water partition coefficient (Wildman–Crippen LogP) is 2.34. The summed E-state index contributed by atoms with van der Waals surface area (Å²) in [5.74, 6) is -1.22. The number of nitro groups is 1. The molecule has 0 saturated carbocycles. The summed E-state index contributed by atoms with van der Waals surface area (Å²) in [5, 5.41) is 21.7. The summed E-state index contributed by atoms with van der Waals surface area (Å²) < 4.78 is 10.4. The standard InChI is InChI=1S/C12H10N2O6S/c1-19-10-2-8(12(15)16)9(14(17)18)3-11(10)20-4-7-5-21-6-13-7/h2-3,5-6H,4H2,1H3,(H,15,16). The van der Waals surface area contributed by atoms with Crippen LogP contribution >= 0.6 is 11.3 Å². The molecule has 0 spiro atoms. The maximum absolute atomic E-state index is 11.0. The Morgan fingerprint density at radius 2 is 2.24 bits per heavy atom. The Hall–Kier alpha value is -2.68. The molecule has 0 amide bonds. The van der Waals surface area contributed by atoms with Crippen LogP contribution in [0.3, 0.4) is 0 Å². The summed E-state index contributed by atoms with van der Waals surface area (Å²) in [6.45, 7) is 0.101. The highest BCUT2D eigenvalue weighted by atomic mass is 32.1. The summed E-state index contributed by atoms with van der Waals surface area (Å²) in [4.78, 5) is 25.2. The van der Waals surface area contributed by atoms with Gasteiger partial charge >= 0.3 is 5.97 Å². The number of aromatic nitrogens is 1. The number of carboxylic acids is 1. The molecule has 9 heteroatoms. The minimum absolute atomic E-state index is 0.0854. The Balaban J connectivity index is 2.37. The fraction of sp³-hybridized carbons (Fsp3) is 0.167. The second-order valence-corrected chi connectivity index (χ2v) is 4.57. The molecule has 2 aromatic rings. The van der Waals surface area contributed by atoms with Crippen LogP contribution in [-0.4, -0.2) is 28.1 Å². The van der Waals surface area contributed by atoms with Crippen LogP contribution in [0, 0.1) is 10.1 Å². The van der Waals surface area contributed by atoms with E-state index in [1.807, 2.05) is 0 Å². The van der Waals surface area contributed by atoms with Crippen molar-refractivity contribution in [1.82, 2.24) is 4.98 Å². The van der Waals surface area contributed by atoms with Gasteiger partial charge in [-0.05, 0) is 0 Å². The summed E-state index contributed by atoms with van der Waals surface area (Å²) in [7, 11) is 1.32. The molecule has 1 aromatic heterocycles. The van der Waals surface area contributed by atoms with Gasteiger partial charge in [-0.15, -0.1) is 11.3 Å². The van der Waals surface area contributed by atoms with E-state index < -0.39 is 22.1 Å². The number of methoxy groups -OCH3 is 1. The second kappa shape index (κ2) is 6.18. The molecule has 21 heavy (non-hydrogen) atoms. The van der Waals surface area contributed by atoms with Gasteiger partial charge in [-0.25, -0.2) is 9.78 Å². The largest absolute Gasteiger partial charge is 0.493 e. The minimum atomic E-state index is -1.41. The van der Waals surface area contributed by atoms with Crippen molar-refractivity contribution in [3.8, 4) is 11.5 Å². The first-order chi connectivity index (χ1) is 10.0. The van der Waals surface area contributed by atoms with Crippen LogP contribution in [0.1, 0.15) is 16.1 Å². The van der Waals surface area contributed by atoms with Crippen LogP contribution in [0.4, 0.5) is 5.69 Å². The Bertz CT molecular complexity index is 671. The van der Waals surface area contributed by atoms with Gasteiger partial charge in [0.25, 0.3) is 5.69 Å². The lowest BCUT2D eigenvalue weighted by molar-refractivity contribution is -0.385. The predicted molar refractivity (Wildman–Crippen MR) is 73.1 cm³/mol. The lowest BCUT2D eigenvalue weighted by Gasteiger charge is -2.10. The number of ether oxygens (including phenoxy) is 2. The minimum Gasteiger partial charge on any atom is -0.493 e. The number of thiazole rings is 1. The third-order valence-electron chi connectivity index (χ3n) is 2.57. The first-order valence-corrected chi connectivity index (χ1v) is 6.56. The Morgan fingerprint density at radius 1 is 1.48 bits per heavy atom. The van der Waals surface area contributed by atoms with Crippen molar-refractivity contribution in [2.75, 3.05) is 7.11 Å². The first kappa shape index (κ1) is 14.7. The average Bonchev–Trinajstić information content (AvgIpc) is 2.97. The SMILES string of the molecule is COc1cc(C(=O)O)c([N+](=O)[O-])cc1OCc1cscn1. The number of hydrogen-bond acceptors (Lipinski definition) is 7. The molecule has 110 valence electrons. The Labute approximate surface area is 122 Å². The van der Waals surface area contributed by atoms with E-state index in [9.17, 15) is 14.9 Å². The highest BCUT2D eigenvalue weighted by Gasteiger charge is 2.24. The Morgan fingerprint density at radius 3 is 2.76 bits per heavy atom. The second-order valence-electron chi connectivity index (χ2n) is 3.85. The molecule has 0 saturated heterocycles. The van der Waals surface area contributed by atoms with Gasteiger partial charge in [0.1, 0.15) is 12.2 Å². The molecule has 0 aliphatic rings. The monoisotopic (exact) mass is 310 g/mol. The number of nitro benzene ring substituents is 1. The number of aromatic carboxylic acids is 1. The molecule has 0 radical (unpaired) electrons. The van der Waals surface area contributed by atoms with Crippen molar-refractivity contribution < 1.29 is 24.3 Å². The smallest absolute Gasteiger partial charge is 0.342 e. The fourth-order valence-corrected chi connectivity index (χ4v) is 2.15. The molecule has 0 unspecified atom stereocenters. The van der Waals surface area contributed by atoms with Crippen molar-refractivity contribution in [2.24, 2.45) is 0 Å². The lowest BCUT2D eigenvalue weighted by Crippen LogP contribution is -2.05. The zero-order valence-electron chi connectivity index (χ0n) is 10.8. The van der Waals surface area contributed by atoms with Crippen LogP contribution in [0.15, 0.2) is 23.0 Å². The molecule has 1 N–H and O–H groups in total. The van der Waals surface area contributed by atoms with E-state index in [2.05, 4.69) is 4.98 Å². The molecular weight excluding hydrogens is 300 g/mol. The topological polar surface area (TPSA) is 112 Å². The van der Waals surface area contributed by atoms with Crippen LogP contribution in [-0.2, 0) is 6.61 Å². The number of hydrogen-bond donors (Lipinski definition) is 1. The molecule has 0 bridgehead atoms. The molecule has 0 aliphatic carbocycles. The van der Waals surface area contributed by atoms with Gasteiger partial charge in [0.15, 0.2) is 11.5 Å². The maximum Gasteiger partial charge on any atom is 0.342 e. The van der Waals surface area contributed by atoms with Gasteiger partial charge in [0.05, 0.1) is 29.3 Å². The highest BCUT2D eigenvalue weighted by Crippen LogP contribution is 2.35. The first-order valence-electron chi connectivity index (χ1n) is 5.62. The number of carboxylic acid groups (broad SMARTS) is 1. The number of rotatable bonds is 6. The quantitative estimate of drug-likeness (QED) is 0.643. The average molecular weight is 310 g/mol. The summed E-state index contributed by atoms with van der Waals surface area (Å²) >= 11 is 1.39. The third kappa shape index (κ3) is 3.26. The van der Waals surface area contributed by atoms with E-state index in [1.165, 1.54) is 18.4 Å². The number of benzene rings is 1. The lowest BCUT2D eigenvalue weighted by atomic mass is 10.1. The van der Waals surface area contributed by atoms with Crippen molar-refractivity contribution >= 4 is 23.0 Å². The highest BCUT2D eigenvalue weighted by molar-refractivity contribution is 7.07. The fourth-order valence-electron chi connectivity index (χ4n) is 1.60. The normalized spacial score (nSPS) is 10.1. The number of carbonyl (C=O) groups is 1. The van der Waals surface area contributed by atoms with Crippen LogP contribution in [0.25, 0.3) is 0 Å². The van der Waals surface area contributed by atoms with E-state index in [0.717, 1.165) is 12.1 Å². The molecule has 0 fully saturated rings. The van der Waals surface area contributed by atoms with Crippen LogP contribution in [0.5, 0.6) is 11.5 Å². The summed E-state index contributed by atoms with van der Waals surface area (Å²) in [6.07, 6.45) is 0. The van der Waals surface area contributed by atoms with E-state index in [4.69, 9.17) is 14.6 Å². The Kier molecular flexibility index (Phi) is 4.33. The van der Waals surface area contributed by atoms with Gasteiger partial charge in [-0.3, -0.25) is 10.1 Å². The molecule has 2 rings (SSSR count). The van der Waals surface area contributed by atoms with Gasteiger partial charge in [-0.1, -0.05) is 0 Å². The zero-order chi connectivity index (χ0) is 15.4. The van der Waals surface area contributed by atoms with Gasteiger partial charge in [-0.2, -0.15) is 0 Å². The molecule has 0 aliphatic heterocycles. The van der Waals surface area contributed by atoms with Crippen molar-refractivity contribution in [3.63, 3.8) is 0 Å². The van der Waals surface area contributed by atoms with E-state index in [1.54, 1.807) is 10.9 Å². The molecule has 8 nitrogen and oxygen atoms in total. The molecule has 0 atom stereocenters. The molecular formula is C12H10N2O6S. The van der Waals surface area contributed by atoms with Gasteiger partial charge < -0.3 is 14.6 Å². The van der Waals surface area contributed by atoms with E-state index in [0.29, 0.717) is 5.69 Å².